The number of aldehydes is 1. The van der Waals surface area contributed by atoms with Gasteiger partial charge >= 0.3 is 0 Å². The highest BCUT2D eigenvalue weighted by atomic mass is 32.2. The van der Waals surface area contributed by atoms with Crippen LogP contribution in [0, 0.1) is 0 Å². The molecule has 4 nitrogen and oxygen atoms in total. The van der Waals surface area contributed by atoms with Gasteiger partial charge in [-0.1, -0.05) is 11.8 Å². The highest BCUT2D eigenvalue weighted by molar-refractivity contribution is 7.99. The van der Waals surface area contributed by atoms with Gasteiger partial charge in [-0.3, -0.25) is 0 Å². The Kier molecular flexibility index (Phi) is 6.13. The maximum absolute atomic E-state index is 11.6. The number of carbonyl (C=O) groups excluding carboxylic acids is 1. The van der Waals surface area contributed by atoms with Crippen molar-refractivity contribution in [3.63, 3.8) is 0 Å². The Morgan fingerprint density at radius 3 is 2.23 bits per heavy atom. The Morgan fingerprint density at radius 2 is 1.85 bits per heavy atom. The summed E-state index contributed by atoms with van der Waals surface area (Å²) in [6, 6.07) is 0. The van der Waals surface area contributed by atoms with Crippen molar-refractivity contribution in [2.75, 3.05) is 5.75 Å². The Morgan fingerprint density at radius 1 is 1.31 bits per heavy atom. The van der Waals surface area contributed by atoms with E-state index in [9.17, 15) is 13.6 Å². The first kappa shape index (κ1) is 12.8. The van der Waals surface area contributed by atoms with Gasteiger partial charge in [0.25, 0.3) is 5.76 Å². The molecule has 0 saturated heterocycles. The van der Waals surface area contributed by atoms with Gasteiger partial charge in [0.15, 0.2) is 6.29 Å². The minimum atomic E-state index is -2.66. The van der Waals surface area contributed by atoms with E-state index in [2.05, 4.69) is 0 Å². The number of carbonyl (C=O) groups is 1. The van der Waals surface area contributed by atoms with Gasteiger partial charge in [-0.2, -0.15) is 8.78 Å². The van der Waals surface area contributed by atoms with Crippen LogP contribution in [0.25, 0.3) is 0 Å². The molecule has 7 heteroatoms. The minimum Gasteiger partial charge on any atom is -0.389 e. The van der Waals surface area contributed by atoms with Gasteiger partial charge in [0.1, 0.15) is 12.2 Å². The van der Waals surface area contributed by atoms with E-state index in [0.29, 0.717) is 0 Å². The SMILES string of the molecule is O=C[C@H](O)[C@H](O)[C@H](O)CSC(F)F. The summed E-state index contributed by atoms with van der Waals surface area (Å²) in [6.07, 6.45) is -4.97. The first-order valence-electron chi connectivity index (χ1n) is 3.38. The normalized spacial score (nSPS) is 18.3. The van der Waals surface area contributed by atoms with E-state index in [4.69, 9.17) is 15.3 Å². The molecule has 0 amide bonds. The van der Waals surface area contributed by atoms with Crippen LogP contribution >= 0.6 is 11.8 Å². The number of halogens is 2. The smallest absolute Gasteiger partial charge is 0.284 e. The molecule has 0 aromatic heterocycles. The van der Waals surface area contributed by atoms with Crippen molar-refractivity contribution < 1.29 is 28.9 Å². The number of hydrogen-bond acceptors (Lipinski definition) is 5. The van der Waals surface area contributed by atoms with Gasteiger partial charge in [0.2, 0.25) is 0 Å². The van der Waals surface area contributed by atoms with Crippen LogP contribution in [0.4, 0.5) is 8.78 Å². The minimum absolute atomic E-state index is 0.0287. The van der Waals surface area contributed by atoms with Gasteiger partial charge in [-0.15, -0.1) is 0 Å². The van der Waals surface area contributed by atoms with E-state index in [1.807, 2.05) is 0 Å². The van der Waals surface area contributed by atoms with Gasteiger partial charge < -0.3 is 20.1 Å². The van der Waals surface area contributed by atoms with E-state index in [1.165, 1.54) is 0 Å². The number of hydrogen-bond donors (Lipinski definition) is 3. The lowest BCUT2D eigenvalue weighted by Crippen LogP contribution is -2.39. The first-order valence-corrected chi connectivity index (χ1v) is 4.43. The molecular formula is C6H10F2O4S. The van der Waals surface area contributed by atoms with Crippen LogP contribution in [0.15, 0.2) is 0 Å². The van der Waals surface area contributed by atoms with E-state index in [1.54, 1.807) is 0 Å². The molecule has 3 atom stereocenters. The average molecular weight is 216 g/mol. The molecule has 78 valence electrons. The van der Waals surface area contributed by atoms with Crippen molar-refractivity contribution in [1.82, 2.24) is 0 Å². The molecule has 0 aromatic carbocycles. The summed E-state index contributed by atoms with van der Waals surface area (Å²) in [7, 11) is 0. The van der Waals surface area contributed by atoms with E-state index in [0.717, 1.165) is 0 Å². The summed E-state index contributed by atoms with van der Waals surface area (Å²) >= 11 is 0.125. The van der Waals surface area contributed by atoms with Crippen molar-refractivity contribution in [2.24, 2.45) is 0 Å². The van der Waals surface area contributed by atoms with E-state index in [-0.39, 0.29) is 18.0 Å². The van der Waals surface area contributed by atoms with Crippen LogP contribution in [0.2, 0.25) is 0 Å². The molecule has 0 aromatic rings. The number of aliphatic hydroxyl groups excluding tert-OH is 3. The molecule has 0 heterocycles. The molecule has 0 radical (unpaired) electrons. The second-order valence-electron chi connectivity index (χ2n) is 2.28. The van der Waals surface area contributed by atoms with Crippen molar-refractivity contribution in [3.05, 3.63) is 0 Å². The Balaban J connectivity index is 3.81. The van der Waals surface area contributed by atoms with Crippen molar-refractivity contribution in [2.45, 2.75) is 24.1 Å². The summed E-state index contributed by atoms with van der Waals surface area (Å²) in [5.41, 5.74) is 0. The van der Waals surface area contributed by atoms with Gasteiger partial charge in [0.05, 0.1) is 6.10 Å². The van der Waals surface area contributed by atoms with E-state index >= 15 is 0 Å². The fourth-order valence-corrected chi connectivity index (χ4v) is 1.12. The molecule has 0 saturated carbocycles. The maximum Gasteiger partial charge on any atom is 0.284 e. The predicted molar refractivity (Wildman–Crippen MR) is 42.5 cm³/mol. The monoisotopic (exact) mass is 216 g/mol. The highest BCUT2D eigenvalue weighted by Gasteiger charge is 2.24. The molecule has 0 aliphatic carbocycles. The molecule has 0 rings (SSSR count). The van der Waals surface area contributed by atoms with Crippen molar-refractivity contribution in [3.8, 4) is 0 Å². The first-order chi connectivity index (χ1) is 5.99. The largest absolute Gasteiger partial charge is 0.389 e. The zero-order chi connectivity index (χ0) is 10.4. The zero-order valence-electron chi connectivity index (χ0n) is 6.51. The molecular weight excluding hydrogens is 206 g/mol. The Hall–Kier alpha value is -0.240. The molecule has 0 spiro atoms. The second kappa shape index (κ2) is 6.25. The van der Waals surface area contributed by atoms with Crippen LogP contribution in [-0.2, 0) is 4.79 Å². The van der Waals surface area contributed by atoms with Crippen LogP contribution in [0.5, 0.6) is 0 Å². The summed E-state index contributed by atoms with van der Waals surface area (Å²) in [4.78, 5) is 9.91. The number of rotatable bonds is 6. The van der Waals surface area contributed by atoms with Crippen LogP contribution < -0.4 is 0 Å². The lowest BCUT2D eigenvalue weighted by atomic mass is 10.1. The fourth-order valence-electron chi connectivity index (χ4n) is 0.578. The second-order valence-corrected chi connectivity index (χ2v) is 3.30. The third kappa shape index (κ3) is 5.14. The highest BCUT2D eigenvalue weighted by Crippen LogP contribution is 2.16. The molecule has 0 aliphatic heterocycles. The Bertz CT molecular complexity index is 158. The lowest BCUT2D eigenvalue weighted by molar-refractivity contribution is -0.124. The number of thioether (sulfide) groups is 1. The number of aliphatic hydroxyl groups is 3. The molecule has 0 fully saturated rings. The number of alkyl halides is 2. The van der Waals surface area contributed by atoms with Gasteiger partial charge in [-0.25, -0.2) is 0 Å². The predicted octanol–water partition coefficient (Wildman–Crippen LogP) is -0.776. The third-order valence-corrected chi connectivity index (χ3v) is 2.06. The summed E-state index contributed by atoms with van der Waals surface area (Å²) < 4.78 is 23.2. The summed E-state index contributed by atoms with van der Waals surface area (Å²) in [5, 5.41) is 26.5. The van der Waals surface area contributed by atoms with Crippen molar-refractivity contribution in [1.29, 1.82) is 0 Å². The summed E-state index contributed by atoms with van der Waals surface area (Å²) in [5.74, 6) is -3.10. The lowest BCUT2D eigenvalue weighted by Gasteiger charge is -2.18. The van der Waals surface area contributed by atoms with Crippen LogP contribution in [0.3, 0.4) is 0 Å². The Labute approximate surface area is 77.6 Å². The zero-order valence-corrected chi connectivity index (χ0v) is 7.32. The molecule has 13 heavy (non-hydrogen) atoms. The standard InChI is InChI=1S/C6H10F2O4S/c7-6(8)13-2-4(11)5(12)3(10)1-9/h1,3-6,10-12H,2H2/t3-,4+,5-/m0/s1. The molecule has 0 unspecified atom stereocenters. The van der Waals surface area contributed by atoms with E-state index < -0.39 is 29.8 Å². The maximum atomic E-state index is 11.6. The van der Waals surface area contributed by atoms with Crippen LogP contribution in [0.1, 0.15) is 0 Å². The molecule has 0 aliphatic rings. The molecule has 0 bridgehead atoms. The van der Waals surface area contributed by atoms with Crippen molar-refractivity contribution >= 4 is 18.0 Å². The van der Waals surface area contributed by atoms with Gasteiger partial charge in [0, 0.05) is 5.75 Å². The quantitative estimate of drug-likeness (QED) is 0.508. The average Bonchev–Trinajstić information content (AvgIpc) is 2.11. The fraction of sp³-hybridized carbons (Fsp3) is 0.833. The summed E-state index contributed by atoms with van der Waals surface area (Å²) in [6.45, 7) is 0. The molecule has 3 N–H and O–H groups in total. The third-order valence-electron chi connectivity index (χ3n) is 1.28. The van der Waals surface area contributed by atoms with Crippen LogP contribution in [-0.4, -0.2) is 51.4 Å². The topological polar surface area (TPSA) is 77.8 Å². The van der Waals surface area contributed by atoms with Gasteiger partial charge in [-0.05, 0) is 0 Å².